The molecule has 2 atom stereocenters. The Kier molecular flexibility index (Phi) is 5.24. The zero-order chi connectivity index (χ0) is 20.5. The molecule has 152 valence electrons. The second-order valence-corrected chi connectivity index (χ2v) is 7.84. The van der Waals surface area contributed by atoms with Gasteiger partial charge in [0.2, 0.25) is 5.91 Å². The number of benzene rings is 1. The van der Waals surface area contributed by atoms with Gasteiger partial charge in [0.15, 0.2) is 0 Å². The molecule has 1 saturated heterocycles. The van der Waals surface area contributed by atoms with E-state index in [1.807, 2.05) is 61.9 Å². The smallest absolute Gasteiger partial charge is 0.227 e. The van der Waals surface area contributed by atoms with Crippen LogP contribution in [0.4, 0.5) is 0 Å². The van der Waals surface area contributed by atoms with Gasteiger partial charge in [-0.3, -0.25) is 4.79 Å². The number of amides is 1. The van der Waals surface area contributed by atoms with Crippen LogP contribution in [0.2, 0.25) is 0 Å². The third-order valence-corrected chi connectivity index (χ3v) is 5.67. The van der Waals surface area contributed by atoms with Gasteiger partial charge in [-0.2, -0.15) is 5.10 Å². The number of para-hydroxylation sites is 1. The fraction of sp³-hybridized carbons (Fsp3) is 0.409. The van der Waals surface area contributed by atoms with E-state index in [9.17, 15) is 9.90 Å². The summed E-state index contributed by atoms with van der Waals surface area (Å²) in [5, 5.41) is 19.0. The van der Waals surface area contributed by atoms with Gasteiger partial charge in [-0.05, 0) is 32.9 Å². The van der Waals surface area contributed by atoms with Gasteiger partial charge in [0.05, 0.1) is 29.6 Å². The average Bonchev–Trinajstić information content (AvgIpc) is 3.36. The molecule has 0 saturated carbocycles. The Morgan fingerprint density at radius 1 is 1.21 bits per heavy atom. The molecule has 3 aromatic rings. The summed E-state index contributed by atoms with van der Waals surface area (Å²) >= 11 is 0. The molecule has 1 aromatic carbocycles. The maximum atomic E-state index is 13.0. The predicted octanol–water partition coefficient (Wildman–Crippen LogP) is 2.39. The molecule has 2 aromatic heterocycles. The van der Waals surface area contributed by atoms with Gasteiger partial charge in [-0.25, -0.2) is 4.68 Å². The van der Waals surface area contributed by atoms with E-state index in [1.54, 1.807) is 4.90 Å². The normalized spacial score (nSPS) is 19.1. The lowest BCUT2D eigenvalue weighted by Gasteiger charge is -2.16. The van der Waals surface area contributed by atoms with Crippen molar-refractivity contribution in [3.63, 3.8) is 0 Å². The van der Waals surface area contributed by atoms with Crippen molar-refractivity contribution in [2.75, 3.05) is 13.1 Å². The highest BCUT2D eigenvalue weighted by Gasteiger charge is 2.35. The van der Waals surface area contributed by atoms with Gasteiger partial charge in [0.25, 0.3) is 0 Å². The molecule has 0 bridgehead atoms. The van der Waals surface area contributed by atoms with Crippen LogP contribution in [0.25, 0.3) is 5.69 Å². The number of aromatic nitrogens is 3. The molecule has 0 unspecified atom stereocenters. The van der Waals surface area contributed by atoms with Crippen LogP contribution in [-0.4, -0.2) is 50.0 Å². The quantitative estimate of drug-likeness (QED) is 0.718. The first-order chi connectivity index (χ1) is 13.9. The third kappa shape index (κ3) is 3.96. The second-order valence-electron chi connectivity index (χ2n) is 7.84. The molecule has 4 rings (SSSR count). The largest absolute Gasteiger partial charge is 0.391 e. The third-order valence-electron chi connectivity index (χ3n) is 5.67. The molecule has 7 heteroatoms. The summed E-state index contributed by atoms with van der Waals surface area (Å²) in [5.74, 6) is 0.719. The Morgan fingerprint density at radius 2 is 1.97 bits per heavy atom. The molecular weight excluding hydrogens is 368 g/mol. The van der Waals surface area contributed by atoms with Crippen LogP contribution in [0, 0.1) is 26.7 Å². The molecule has 0 radical (unpaired) electrons. The SMILES string of the molecule is Cc1cc(C[C@@H]2CN(C(=O)Cc3c(C)nn(-c4ccccc4)c3C)C[C@H]2O)on1. The Balaban J connectivity index is 1.45. The number of carbonyl (C=O) groups is 1. The number of β-amino-alcohol motifs (C(OH)–C–C–N with tert-alkyl or cyclic N) is 1. The number of likely N-dealkylation sites (tertiary alicyclic amines) is 1. The lowest BCUT2D eigenvalue weighted by molar-refractivity contribution is -0.129. The Morgan fingerprint density at radius 3 is 2.66 bits per heavy atom. The zero-order valence-corrected chi connectivity index (χ0v) is 17.0. The summed E-state index contributed by atoms with van der Waals surface area (Å²) in [7, 11) is 0. The van der Waals surface area contributed by atoms with Crippen LogP contribution in [0.3, 0.4) is 0 Å². The molecule has 1 aliphatic rings. The predicted molar refractivity (Wildman–Crippen MR) is 108 cm³/mol. The van der Waals surface area contributed by atoms with Gasteiger partial charge in [-0.1, -0.05) is 23.4 Å². The Hall–Kier alpha value is -2.93. The highest BCUT2D eigenvalue weighted by molar-refractivity contribution is 5.79. The van der Waals surface area contributed by atoms with Crippen molar-refractivity contribution in [3.05, 3.63) is 64.8 Å². The molecule has 1 N–H and O–H groups in total. The monoisotopic (exact) mass is 394 g/mol. The van der Waals surface area contributed by atoms with Crippen molar-refractivity contribution in [2.24, 2.45) is 5.92 Å². The first-order valence-corrected chi connectivity index (χ1v) is 9.91. The number of aliphatic hydroxyl groups excluding tert-OH is 1. The molecule has 7 nitrogen and oxygen atoms in total. The maximum Gasteiger partial charge on any atom is 0.227 e. The molecule has 0 spiro atoms. The summed E-state index contributed by atoms with van der Waals surface area (Å²) in [5.41, 5.74) is 4.57. The van der Waals surface area contributed by atoms with Gasteiger partial charge in [-0.15, -0.1) is 0 Å². The van der Waals surface area contributed by atoms with E-state index in [0.717, 1.165) is 34.1 Å². The molecule has 3 heterocycles. The van der Waals surface area contributed by atoms with Crippen molar-refractivity contribution in [2.45, 2.75) is 39.7 Å². The minimum atomic E-state index is -0.557. The van der Waals surface area contributed by atoms with E-state index in [4.69, 9.17) is 4.52 Å². The molecular formula is C22H26N4O3. The van der Waals surface area contributed by atoms with Crippen LogP contribution in [0.5, 0.6) is 0 Å². The van der Waals surface area contributed by atoms with Crippen LogP contribution in [-0.2, 0) is 17.6 Å². The fourth-order valence-corrected chi connectivity index (χ4v) is 4.04. The van der Waals surface area contributed by atoms with E-state index in [0.29, 0.717) is 19.5 Å². The Bertz CT molecular complexity index is 1010. The summed E-state index contributed by atoms with van der Waals surface area (Å²) in [4.78, 5) is 14.7. The van der Waals surface area contributed by atoms with Gasteiger partial charge < -0.3 is 14.5 Å². The van der Waals surface area contributed by atoms with E-state index >= 15 is 0 Å². The summed E-state index contributed by atoms with van der Waals surface area (Å²) in [6, 6.07) is 11.8. The first-order valence-electron chi connectivity index (χ1n) is 9.91. The van der Waals surface area contributed by atoms with Crippen LogP contribution in [0.1, 0.15) is 28.4 Å². The van der Waals surface area contributed by atoms with Crippen molar-refractivity contribution < 1.29 is 14.4 Å². The van der Waals surface area contributed by atoms with Crippen molar-refractivity contribution in [1.82, 2.24) is 19.8 Å². The number of nitrogens with zero attached hydrogens (tertiary/aromatic N) is 4. The second kappa shape index (κ2) is 7.83. The van der Waals surface area contributed by atoms with E-state index < -0.39 is 6.10 Å². The molecule has 0 aliphatic carbocycles. The highest BCUT2D eigenvalue weighted by Crippen LogP contribution is 2.24. The topological polar surface area (TPSA) is 84.4 Å². The van der Waals surface area contributed by atoms with Crippen molar-refractivity contribution in [3.8, 4) is 5.69 Å². The minimum Gasteiger partial charge on any atom is -0.391 e. The minimum absolute atomic E-state index is 0.0131. The standard InChI is InChI=1S/C22H26N4O3/c1-14-9-19(29-24-14)10-17-12-25(13-21(17)27)22(28)11-20-15(2)23-26(16(20)3)18-7-5-4-6-8-18/h4-9,17,21,27H,10-13H2,1-3H3/t17-,21-/m1/s1. The number of hydrogen-bond acceptors (Lipinski definition) is 5. The number of rotatable bonds is 5. The molecule has 29 heavy (non-hydrogen) atoms. The van der Waals surface area contributed by atoms with E-state index in [2.05, 4.69) is 10.3 Å². The molecule has 1 amide bonds. The van der Waals surface area contributed by atoms with E-state index in [1.165, 1.54) is 0 Å². The number of aryl methyl sites for hydroxylation is 2. The average molecular weight is 394 g/mol. The lowest BCUT2D eigenvalue weighted by atomic mass is 10.0. The zero-order valence-electron chi connectivity index (χ0n) is 17.0. The Labute approximate surface area is 169 Å². The number of hydrogen-bond donors (Lipinski definition) is 1. The fourth-order valence-electron chi connectivity index (χ4n) is 4.04. The van der Waals surface area contributed by atoms with Gasteiger partial charge in [0, 0.05) is 42.8 Å². The van der Waals surface area contributed by atoms with Crippen LogP contribution < -0.4 is 0 Å². The van der Waals surface area contributed by atoms with Crippen molar-refractivity contribution in [1.29, 1.82) is 0 Å². The summed E-state index contributed by atoms with van der Waals surface area (Å²) < 4.78 is 7.15. The van der Waals surface area contributed by atoms with E-state index in [-0.39, 0.29) is 18.2 Å². The van der Waals surface area contributed by atoms with Crippen LogP contribution in [0.15, 0.2) is 40.9 Å². The summed E-state index contributed by atoms with van der Waals surface area (Å²) in [6.45, 7) is 6.66. The number of aliphatic hydroxyl groups is 1. The van der Waals surface area contributed by atoms with Gasteiger partial charge in [0.1, 0.15) is 5.76 Å². The maximum absolute atomic E-state index is 13.0. The first kappa shape index (κ1) is 19.4. The van der Waals surface area contributed by atoms with Crippen molar-refractivity contribution >= 4 is 5.91 Å². The van der Waals surface area contributed by atoms with Crippen LogP contribution >= 0.6 is 0 Å². The van der Waals surface area contributed by atoms with Gasteiger partial charge >= 0.3 is 0 Å². The highest BCUT2D eigenvalue weighted by atomic mass is 16.5. The molecule has 1 aliphatic heterocycles. The molecule has 1 fully saturated rings. The lowest BCUT2D eigenvalue weighted by Crippen LogP contribution is -2.31. The summed E-state index contributed by atoms with van der Waals surface area (Å²) in [6.07, 6.45) is 0.305. The number of carbonyl (C=O) groups excluding carboxylic acids is 1.